The first-order valence-corrected chi connectivity index (χ1v) is 12.4. The molecular weight excluding hydrogens is 518 g/mol. The quantitative estimate of drug-likeness (QED) is 0.0641. The highest BCUT2D eigenvalue weighted by Crippen LogP contribution is 2.30. The van der Waals surface area contributed by atoms with Gasteiger partial charge in [-0.3, -0.25) is 14.5 Å². The molecule has 0 fully saturated rings. The lowest BCUT2D eigenvalue weighted by Crippen LogP contribution is -2.11. The molecule has 0 heterocycles. The van der Waals surface area contributed by atoms with Gasteiger partial charge in [-0.1, -0.05) is 0 Å². The Morgan fingerprint density at radius 3 is 1.97 bits per heavy atom. The molecule has 0 spiro atoms. The van der Waals surface area contributed by atoms with Gasteiger partial charge in [-0.2, -0.15) is 21.9 Å². The second-order valence-electron chi connectivity index (χ2n) is 6.98. The molecule has 0 saturated carbocycles. The molecule has 3 aromatic rings. The number of aromatic hydroxyl groups is 1. The van der Waals surface area contributed by atoms with Gasteiger partial charge in [-0.25, -0.2) is 4.79 Å². The van der Waals surface area contributed by atoms with E-state index < -0.39 is 53.1 Å². The lowest BCUT2D eigenvalue weighted by atomic mass is 10.1. The molecule has 0 aliphatic rings. The molecule has 0 aliphatic carbocycles. The molecule has 0 bridgehead atoms. The number of anilines is 2. The highest BCUT2D eigenvalue weighted by atomic mass is 32.2. The summed E-state index contributed by atoms with van der Waals surface area (Å²) >= 11 is 0. The number of rotatable bonds is 7. The third-order valence-corrected chi connectivity index (χ3v) is 6.16. The Bertz CT molecular complexity index is 1600. The molecule has 7 N–H and O–H groups in total. The number of benzene rings is 3. The number of carboxylic acids is 1. The van der Waals surface area contributed by atoms with Crippen molar-refractivity contribution in [1.82, 2.24) is 0 Å². The summed E-state index contributed by atoms with van der Waals surface area (Å²) in [4.78, 5) is 10.5. The third-order valence-electron chi connectivity index (χ3n) is 4.46. The average molecular weight is 536 g/mol. The van der Waals surface area contributed by atoms with Gasteiger partial charge in [0, 0.05) is 17.3 Å². The Labute approximate surface area is 203 Å². The minimum absolute atomic E-state index is 0.226. The van der Waals surface area contributed by atoms with Crippen molar-refractivity contribution < 1.29 is 40.9 Å². The largest absolute Gasteiger partial charge is 0.506 e. The van der Waals surface area contributed by atoms with Crippen molar-refractivity contribution in [3.63, 3.8) is 0 Å². The summed E-state index contributed by atoms with van der Waals surface area (Å²) in [6.45, 7) is 0. The van der Waals surface area contributed by atoms with E-state index in [2.05, 4.69) is 20.8 Å². The van der Waals surface area contributed by atoms with Gasteiger partial charge in [-0.05, 0) is 54.6 Å². The number of nitrogens with two attached hydrogens (primary N) is 1. The second-order valence-corrected chi connectivity index (χ2v) is 9.83. The highest BCUT2D eigenvalue weighted by Gasteiger charge is 2.20. The molecule has 3 rings (SSSR count). The maximum Gasteiger partial charge on any atom is 0.336 e. The van der Waals surface area contributed by atoms with Crippen molar-refractivity contribution in [3.05, 3.63) is 71.8 Å². The Balaban J connectivity index is 2.12. The van der Waals surface area contributed by atoms with Gasteiger partial charge in [0.2, 0.25) is 5.84 Å². The van der Waals surface area contributed by atoms with Crippen LogP contribution in [0.5, 0.6) is 5.75 Å². The lowest BCUT2D eigenvalue weighted by molar-refractivity contribution is 0.0696. The zero-order valence-corrected chi connectivity index (χ0v) is 19.5. The molecule has 0 atom stereocenters. The summed E-state index contributed by atoms with van der Waals surface area (Å²) in [5.74, 6) is -2.66. The van der Waals surface area contributed by atoms with Crippen LogP contribution in [0.2, 0.25) is 0 Å². The van der Waals surface area contributed by atoms with E-state index in [4.69, 9.17) is 10.3 Å². The van der Waals surface area contributed by atoms with Gasteiger partial charge >= 0.3 is 5.97 Å². The van der Waals surface area contributed by atoms with E-state index >= 15 is 0 Å². The molecule has 0 amide bonds. The molecule has 0 saturated heterocycles. The molecule has 36 heavy (non-hydrogen) atoms. The zero-order valence-electron chi connectivity index (χ0n) is 17.8. The van der Waals surface area contributed by atoms with Crippen molar-refractivity contribution >= 4 is 49.1 Å². The predicted octanol–water partition coefficient (Wildman–Crippen LogP) is 2.72. The van der Waals surface area contributed by atoms with Gasteiger partial charge in [0.15, 0.2) is 0 Å². The Morgan fingerprint density at radius 1 is 0.833 bits per heavy atom. The standard InChI is InChI=1S/C20H17N5O9S2/c21-11-1-3-12(4-2-11)22-24-19(15-7-5-13(35(29,30)31)9-16(15)20(27)28)25-23-17-8-6-14(10-18(17)26)36(32,33)34/h1-10,22,26H,21H2,(H,27,28)(H,29,30,31)(H,32,33,34). The lowest BCUT2D eigenvalue weighted by Gasteiger charge is -2.08. The van der Waals surface area contributed by atoms with Crippen molar-refractivity contribution in [3.8, 4) is 5.75 Å². The van der Waals surface area contributed by atoms with E-state index in [0.29, 0.717) is 17.4 Å². The average Bonchev–Trinajstić information content (AvgIpc) is 2.79. The highest BCUT2D eigenvalue weighted by molar-refractivity contribution is 7.86. The summed E-state index contributed by atoms with van der Waals surface area (Å²) in [5, 5.41) is 31.2. The fourth-order valence-electron chi connectivity index (χ4n) is 2.72. The normalized spacial score (nSPS) is 12.6. The van der Waals surface area contributed by atoms with Crippen molar-refractivity contribution in [2.75, 3.05) is 11.2 Å². The number of nitrogens with zero attached hydrogens (tertiary/aromatic N) is 3. The summed E-state index contributed by atoms with van der Waals surface area (Å²) in [5.41, 5.74) is 8.00. The number of carboxylic acid groups (broad SMARTS) is 1. The van der Waals surface area contributed by atoms with Gasteiger partial charge in [0.1, 0.15) is 11.4 Å². The van der Waals surface area contributed by atoms with Crippen molar-refractivity contribution in [2.24, 2.45) is 15.3 Å². The van der Waals surface area contributed by atoms with Crippen LogP contribution < -0.4 is 11.2 Å². The Kier molecular flexibility index (Phi) is 7.35. The minimum atomic E-state index is -4.73. The maximum absolute atomic E-state index is 11.8. The van der Waals surface area contributed by atoms with Crippen molar-refractivity contribution in [2.45, 2.75) is 9.79 Å². The van der Waals surface area contributed by atoms with Crippen LogP contribution >= 0.6 is 0 Å². The van der Waals surface area contributed by atoms with E-state index in [1.807, 2.05) is 0 Å². The SMILES string of the molecule is Nc1ccc(NN=C(N=Nc2ccc(S(=O)(=O)O)cc2O)c2ccc(S(=O)(=O)O)cc2C(=O)O)cc1. The molecule has 0 unspecified atom stereocenters. The van der Waals surface area contributed by atoms with E-state index in [9.17, 15) is 36.4 Å². The summed E-state index contributed by atoms with van der Waals surface area (Å²) in [7, 11) is -9.32. The monoisotopic (exact) mass is 535 g/mol. The number of hydrogen-bond acceptors (Lipinski definition) is 10. The molecule has 14 nitrogen and oxygen atoms in total. The molecule has 0 radical (unpaired) electrons. The summed E-state index contributed by atoms with van der Waals surface area (Å²) in [6, 6.07) is 11.5. The number of azo groups is 1. The molecule has 16 heteroatoms. The first kappa shape index (κ1) is 26.2. The Hall–Kier alpha value is -4.38. The number of nitrogen functional groups attached to an aromatic ring is 1. The number of aromatic carboxylic acids is 1. The fourth-order valence-corrected chi connectivity index (χ4v) is 3.72. The van der Waals surface area contributed by atoms with Crippen LogP contribution in [-0.4, -0.2) is 48.0 Å². The number of carbonyl (C=O) groups is 1. The van der Waals surface area contributed by atoms with Crippen LogP contribution in [0, 0.1) is 0 Å². The maximum atomic E-state index is 11.8. The molecular formula is C20H17N5O9S2. The fraction of sp³-hybridized carbons (Fsp3) is 0. The number of hydrogen-bond donors (Lipinski definition) is 6. The van der Waals surface area contributed by atoms with Crippen LogP contribution in [0.3, 0.4) is 0 Å². The zero-order chi connectivity index (χ0) is 26.7. The smallest absolute Gasteiger partial charge is 0.336 e. The van der Waals surface area contributed by atoms with Gasteiger partial charge in [0.05, 0.1) is 21.0 Å². The minimum Gasteiger partial charge on any atom is -0.506 e. The van der Waals surface area contributed by atoms with Gasteiger partial charge < -0.3 is 15.9 Å². The number of phenols is 1. The number of nitrogens with one attached hydrogen (secondary N) is 1. The topological polar surface area (TPSA) is 241 Å². The summed E-state index contributed by atoms with van der Waals surface area (Å²) < 4.78 is 63.7. The third kappa shape index (κ3) is 6.39. The molecule has 0 aliphatic heterocycles. The van der Waals surface area contributed by atoms with Crippen LogP contribution in [0.25, 0.3) is 0 Å². The van der Waals surface area contributed by atoms with Crippen LogP contribution in [-0.2, 0) is 20.2 Å². The van der Waals surface area contributed by atoms with E-state index in [1.165, 1.54) is 0 Å². The van der Waals surface area contributed by atoms with Gasteiger partial charge in [-0.15, -0.1) is 10.2 Å². The molecule has 188 valence electrons. The van der Waals surface area contributed by atoms with Crippen LogP contribution in [0.1, 0.15) is 15.9 Å². The van der Waals surface area contributed by atoms with Crippen LogP contribution in [0.4, 0.5) is 17.1 Å². The first-order chi connectivity index (χ1) is 16.8. The second kappa shape index (κ2) is 10.1. The first-order valence-electron chi connectivity index (χ1n) is 9.52. The van der Waals surface area contributed by atoms with E-state index in [-0.39, 0.29) is 11.3 Å². The Morgan fingerprint density at radius 2 is 1.42 bits per heavy atom. The van der Waals surface area contributed by atoms with E-state index in [0.717, 1.165) is 30.3 Å². The summed E-state index contributed by atoms with van der Waals surface area (Å²) in [6.07, 6.45) is 0. The number of hydrazone groups is 1. The molecule has 3 aromatic carbocycles. The van der Waals surface area contributed by atoms with Crippen molar-refractivity contribution in [1.29, 1.82) is 0 Å². The van der Waals surface area contributed by atoms with Crippen LogP contribution in [0.15, 0.2) is 85.8 Å². The number of phenolic OH excluding ortho intramolecular Hbond substituents is 1. The molecule has 0 aromatic heterocycles. The van der Waals surface area contributed by atoms with E-state index in [1.54, 1.807) is 24.3 Å². The van der Waals surface area contributed by atoms with Gasteiger partial charge in [0.25, 0.3) is 20.2 Å². The predicted molar refractivity (Wildman–Crippen MR) is 127 cm³/mol. The number of amidine groups is 1.